The zero-order valence-electron chi connectivity index (χ0n) is 22.3. The van der Waals surface area contributed by atoms with Gasteiger partial charge in [-0.2, -0.15) is 0 Å². The van der Waals surface area contributed by atoms with E-state index in [1.165, 1.54) is 18.2 Å². The number of hydrogen-bond donors (Lipinski definition) is 4. The van der Waals surface area contributed by atoms with E-state index in [2.05, 4.69) is 41.8 Å². The summed E-state index contributed by atoms with van der Waals surface area (Å²) in [4.78, 5) is 24.6. The Bertz CT molecular complexity index is 1410. The van der Waals surface area contributed by atoms with Crippen molar-refractivity contribution in [2.45, 2.75) is 88.9 Å². The van der Waals surface area contributed by atoms with Crippen LogP contribution < -0.4 is 21.8 Å². The van der Waals surface area contributed by atoms with Gasteiger partial charge in [0.1, 0.15) is 5.56 Å². The van der Waals surface area contributed by atoms with Crippen LogP contribution in [0.5, 0.6) is 0 Å². The molecule has 1 aromatic heterocycles. The largest absolute Gasteiger partial charge is 0.477 e. The number of anilines is 2. The zero-order valence-corrected chi connectivity index (χ0v) is 22.3. The molecule has 0 spiro atoms. The van der Waals surface area contributed by atoms with E-state index in [1.54, 1.807) is 10.6 Å². The molecular weight excluding hydrogens is 483 g/mol. The highest BCUT2D eigenvalue weighted by Crippen LogP contribution is 2.43. The fourth-order valence-corrected chi connectivity index (χ4v) is 6.12. The van der Waals surface area contributed by atoms with Gasteiger partial charge in [-0.1, -0.05) is 37.3 Å². The molecule has 5 N–H and O–H groups in total. The van der Waals surface area contributed by atoms with Gasteiger partial charge in [-0.05, 0) is 64.0 Å². The quantitative estimate of drug-likeness (QED) is 0.286. The fraction of sp³-hybridized carbons (Fsp3) is 0.467. The lowest BCUT2D eigenvalue weighted by atomic mass is 9.77. The minimum Gasteiger partial charge on any atom is -0.477 e. The second-order valence-electron chi connectivity index (χ2n) is 11.3. The summed E-state index contributed by atoms with van der Waals surface area (Å²) in [5, 5.41) is 16.8. The third-order valence-electron chi connectivity index (χ3n) is 8.57. The van der Waals surface area contributed by atoms with E-state index in [9.17, 15) is 14.7 Å². The second-order valence-corrected chi connectivity index (χ2v) is 11.3. The van der Waals surface area contributed by atoms with Crippen molar-refractivity contribution in [2.24, 2.45) is 0 Å². The summed E-state index contributed by atoms with van der Waals surface area (Å²) in [6, 6.07) is 13.0. The number of benzene rings is 2. The maximum absolute atomic E-state index is 15.6. The minimum absolute atomic E-state index is 0.0856. The number of nitrogens with one attached hydrogen (secondary N) is 2. The number of carboxylic acids is 1. The van der Waals surface area contributed by atoms with Gasteiger partial charge >= 0.3 is 5.97 Å². The van der Waals surface area contributed by atoms with Gasteiger partial charge in [0.2, 0.25) is 5.43 Å². The second kappa shape index (κ2) is 10.1. The molecule has 202 valence electrons. The van der Waals surface area contributed by atoms with Crippen LogP contribution in [-0.2, 0) is 0 Å². The van der Waals surface area contributed by atoms with Crippen molar-refractivity contribution in [3.05, 3.63) is 69.8 Å². The number of nitrogen functional groups attached to an aromatic ring is 1. The summed E-state index contributed by atoms with van der Waals surface area (Å²) in [7, 11) is 0. The molecule has 2 saturated carbocycles. The molecule has 1 heterocycles. The third kappa shape index (κ3) is 4.77. The predicted molar refractivity (Wildman–Crippen MR) is 150 cm³/mol. The first-order valence-corrected chi connectivity index (χ1v) is 13.6. The molecule has 0 aliphatic heterocycles. The van der Waals surface area contributed by atoms with Crippen LogP contribution in [0.2, 0.25) is 0 Å². The van der Waals surface area contributed by atoms with E-state index in [1.807, 2.05) is 19.9 Å². The molecule has 2 aliphatic rings. The number of hydrogen-bond acceptors (Lipinski definition) is 5. The van der Waals surface area contributed by atoms with Crippen LogP contribution >= 0.6 is 0 Å². The Hall–Kier alpha value is -3.39. The van der Waals surface area contributed by atoms with E-state index in [4.69, 9.17) is 5.73 Å². The van der Waals surface area contributed by atoms with Gasteiger partial charge in [0.15, 0.2) is 5.82 Å². The SMILES string of the molecule is CC[C@]1(Nc2cc3c(c(N)c2F)c(=O)c(C(=O)O)cn3C(C)C)CC[C@H](N[C@H]2C[C@@H]2c2ccccc2)CC1. The van der Waals surface area contributed by atoms with Crippen LogP contribution in [-0.4, -0.2) is 33.3 Å². The Morgan fingerprint density at radius 1 is 1.24 bits per heavy atom. The first-order chi connectivity index (χ1) is 18.1. The van der Waals surface area contributed by atoms with Crippen molar-refractivity contribution >= 4 is 28.2 Å². The van der Waals surface area contributed by atoms with Crippen LogP contribution in [0.1, 0.15) is 87.2 Å². The number of rotatable bonds is 8. The molecule has 7 nitrogen and oxygen atoms in total. The molecule has 2 atom stereocenters. The number of fused-ring (bicyclic) bond motifs is 1. The molecule has 0 saturated heterocycles. The number of pyridine rings is 1. The number of carbonyl (C=O) groups is 1. The molecule has 0 amide bonds. The van der Waals surface area contributed by atoms with Crippen LogP contribution in [0.4, 0.5) is 15.8 Å². The van der Waals surface area contributed by atoms with Gasteiger partial charge < -0.3 is 26.0 Å². The molecule has 8 heteroatoms. The highest BCUT2D eigenvalue weighted by Gasteiger charge is 2.41. The molecular formula is C30H37FN4O3. The Balaban J connectivity index is 1.36. The molecule has 0 bridgehead atoms. The summed E-state index contributed by atoms with van der Waals surface area (Å²) in [6.45, 7) is 5.87. The van der Waals surface area contributed by atoms with Crippen molar-refractivity contribution in [2.75, 3.05) is 11.1 Å². The number of halogens is 1. The third-order valence-corrected chi connectivity index (χ3v) is 8.57. The minimum atomic E-state index is -1.36. The molecule has 2 aromatic carbocycles. The number of aromatic carboxylic acids is 1. The lowest BCUT2D eigenvalue weighted by molar-refractivity contribution is 0.0694. The van der Waals surface area contributed by atoms with Crippen molar-refractivity contribution in [1.82, 2.24) is 9.88 Å². The lowest BCUT2D eigenvalue weighted by Crippen LogP contribution is -2.46. The smallest absolute Gasteiger partial charge is 0.341 e. The lowest BCUT2D eigenvalue weighted by Gasteiger charge is -2.41. The van der Waals surface area contributed by atoms with E-state index in [0.717, 1.165) is 32.1 Å². The Morgan fingerprint density at radius 2 is 1.92 bits per heavy atom. The number of carboxylic acid groups (broad SMARTS) is 1. The van der Waals surface area contributed by atoms with E-state index >= 15 is 4.39 Å². The standard InChI is InChI=1S/C30H37FN4O3/c1-4-30(12-10-19(11-13-30)33-22-14-20(22)18-8-6-5-7-9-18)34-23-15-24-25(27(32)26(23)31)28(36)21(29(37)38)16-35(24)17(2)3/h5-9,15-17,19-20,22,33-34H,4,10-14,32H2,1-3H3,(H,37,38)/t19-,20-,22+,30-/m1/s1. The Labute approximate surface area is 222 Å². The van der Waals surface area contributed by atoms with E-state index < -0.39 is 22.8 Å². The number of nitrogens with zero attached hydrogens (tertiary/aromatic N) is 1. The molecule has 5 rings (SSSR count). The summed E-state index contributed by atoms with van der Waals surface area (Å²) in [5.41, 5.74) is 6.46. The molecule has 2 aliphatic carbocycles. The van der Waals surface area contributed by atoms with Gasteiger partial charge in [0.05, 0.1) is 22.3 Å². The van der Waals surface area contributed by atoms with E-state index in [0.29, 0.717) is 23.5 Å². The zero-order chi connectivity index (χ0) is 27.2. The van der Waals surface area contributed by atoms with Crippen molar-refractivity contribution in [1.29, 1.82) is 0 Å². The maximum atomic E-state index is 15.6. The van der Waals surface area contributed by atoms with Crippen LogP contribution in [0.25, 0.3) is 10.9 Å². The highest BCUT2D eigenvalue weighted by molar-refractivity contribution is 5.99. The van der Waals surface area contributed by atoms with Gasteiger partial charge in [0.25, 0.3) is 0 Å². The molecule has 3 aromatic rings. The fourth-order valence-electron chi connectivity index (χ4n) is 6.12. The van der Waals surface area contributed by atoms with Gasteiger partial charge in [-0.15, -0.1) is 0 Å². The average molecular weight is 521 g/mol. The average Bonchev–Trinajstić information content (AvgIpc) is 3.67. The summed E-state index contributed by atoms with van der Waals surface area (Å²) in [6.07, 6.45) is 7.06. The molecule has 2 fully saturated rings. The predicted octanol–water partition coefficient (Wildman–Crippen LogP) is 5.65. The number of nitrogens with two attached hydrogens (primary N) is 1. The summed E-state index contributed by atoms with van der Waals surface area (Å²) >= 11 is 0. The van der Waals surface area contributed by atoms with E-state index in [-0.39, 0.29) is 28.3 Å². The monoisotopic (exact) mass is 520 g/mol. The highest BCUT2D eigenvalue weighted by atomic mass is 19.1. The van der Waals surface area contributed by atoms with Crippen molar-refractivity contribution < 1.29 is 14.3 Å². The van der Waals surface area contributed by atoms with Gasteiger partial charge in [-0.3, -0.25) is 4.79 Å². The Morgan fingerprint density at radius 3 is 2.53 bits per heavy atom. The van der Waals surface area contributed by atoms with Gasteiger partial charge in [0, 0.05) is 35.8 Å². The normalized spacial score (nSPS) is 25.0. The van der Waals surface area contributed by atoms with Crippen LogP contribution in [0.3, 0.4) is 0 Å². The summed E-state index contributed by atoms with van der Waals surface area (Å²) in [5.74, 6) is -1.48. The first-order valence-electron chi connectivity index (χ1n) is 13.6. The van der Waals surface area contributed by atoms with Crippen LogP contribution in [0.15, 0.2) is 47.4 Å². The Kier molecular flexibility index (Phi) is 6.94. The molecule has 0 radical (unpaired) electrons. The number of aromatic nitrogens is 1. The van der Waals surface area contributed by atoms with Gasteiger partial charge in [-0.25, -0.2) is 9.18 Å². The first kappa shape index (κ1) is 26.2. The maximum Gasteiger partial charge on any atom is 0.341 e. The van der Waals surface area contributed by atoms with Crippen molar-refractivity contribution in [3.63, 3.8) is 0 Å². The van der Waals surface area contributed by atoms with Crippen LogP contribution in [0, 0.1) is 5.82 Å². The summed E-state index contributed by atoms with van der Waals surface area (Å²) < 4.78 is 17.3. The van der Waals surface area contributed by atoms with Crippen molar-refractivity contribution in [3.8, 4) is 0 Å². The topological polar surface area (TPSA) is 109 Å². The molecule has 38 heavy (non-hydrogen) atoms. The molecule has 0 unspecified atom stereocenters.